The van der Waals surface area contributed by atoms with Crippen molar-refractivity contribution in [2.24, 2.45) is 5.92 Å². The van der Waals surface area contributed by atoms with Crippen LogP contribution in [0.5, 0.6) is 0 Å². The highest BCUT2D eigenvalue weighted by Gasteiger charge is 2.33. The Morgan fingerprint density at radius 2 is 1.53 bits per heavy atom. The van der Waals surface area contributed by atoms with Gasteiger partial charge in [0.15, 0.2) is 5.82 Å². The minimum atomic E-state index is -0.565. The number of aromatic amines is 1. The van der Waals surface area contributed by atoms with Crippen LogP contribution in [0.1, 0.15) is 64.2 Å². The van der Waals surface area contributed by atoms with Gasteiger partial charge in [-0.15, -0.1) is 0 Å². The number of piperidine rings is 1. The van der Waals surface area contributed by atoms with E-state index in [1.165, 1.54) is 12.3 Å². The maximum Gasteiger partial charge on any atom is 0.255 e. The Balaban J connectivity index is 0.760. The third-order valence-electron chi connectivity index (χ3n) is 12.2. The lowest BCUT2D eigenvalue weighted by Gasteiger charge is -2.42. The summed E-state index contributed by atoms with van der Waals surface area (Å²) in [5, 5.41) is 12.1. The van der Waals surface area contributed by atoms with Crippen molar-refractivity contribution in [2.45, 2.75) is 88.4 Å². The molecule has 58 heavy (non-hydrogen) atoms. The minimum absolute atomic E-state index is 0.000397. The second-order valence-electron chi connectivity index (χ2n) is 15.9. The van der Waals surface area contributed by atoms with Crippen molar-refractivity contribution >= 4 is 35.0 Å². The van der Waals surface area contributed by atoms with Gasteiger partial charge in [-0.1, -0.05) is 18.2 Å². The molecular formula is C43H49F2N9O4. The molecule has 0 bridgehead atoms. The van der Waals surface area contributed by atoms with Gasteiger partial charge >= 0.3 is 0 Å². The number of hydrogen-bond acceptors (Lipinski definition) is 10. The molecule has 1 unspecified atom stereocenters. The SMILES string of the molecule is O=C1CCC(Nc2ccc(N3CCN([C@H]4CC[C@H](C(=O)N[C@H]5CC[C@H](Nc6ncc(F)c(-c7cccc(-c8ccc[nH]c8=O)c7)n6)CC5)CC4)CC3)c(F)c2)C(=O)N1. The van der Waals surface area contributed by atoms with Crippen LogP contribution in [0.15, 0.2) is 71.8 Å². The molecule has 2 aliphatic carbocycles. The van der Waals surface area contributed by atoms with Gasteiger partial charge in [-0.2, -0.15) is 0 Å². The van der Waals surface area contributed by atoms with Crippen LogP contribution < -0.4 is 31.7 Å². The summed E-state index contributed by atoms with van der Waals surface area (Å²) < 4.78 is 30.2. The van der Waals surface area contributed by atoms with Crippen molar-refractivity contribution in [1.82, 2.24) is 30.5 Å². The molecule has 4 aliphatic rings. The molecule has 0 spiro atoms. The predicted molar refractivity (Wildman–Crippen MR) is 217 cm³/mol. The Hall–Kier alpha value is -5.70. The lowest BCUT2D eigenvalue weighted by molar-refractivity contribution is -0.133. The van der Waals surface area contributed by atoms with Crippen molar-refractivity contribution in [3.8, 4) is 22.4 Å². The molecule has 1 atom stereocenters. The van der Waals surface area contributed by atoms with Crippen LogP contribution in [0.2, 0.25) is 0 Å². The number of pyridine rings is 1. The van der Waals surface area contributed by atoms with E-state index in [0.717, 1.165) is 64.5 Å². The number of nitrogens with one attached hydrogen (secondary N) is 5. The number of rotatable bonds is 10. The van der Waals surface area contributed by atoms with E-state index in [1.807, 2.05) is 0 Å². The molecule has 4 heterocycles. The van der Waals surface area contributed by atoms with Crippen LogP contribution >= 0.6 is 0 Å². The van der Waals surface area contributed by atoms with E-state index in [-0.39, 0.29) is 59.2 Å². The van der Waals surface area contributed by atoms with E-state index in [2.05, 4.69) is 46.0 Å². The number of hydrogen-bond donors (Lipinski definition) is 5. The molecule has 5 N–H and O–H groups in total. The topological polar surface area (TPSA) is 164 Å². The molecule has 2 aromatic carbocycles. The van der Waals surface area contributed by atoms with Gasteiger partial charge in [-0.05, 0) is 99.7 Å². The summed E-state index contributed by atoms with van der Waals surface area (Å²) in [6, 6.07) is 15.5. The molecule has 2 aliphatic heterocycles. The Labute approximate surface area is 335 Å². The number of H-pyrrole nitrogens is 1. The third-order valence-corrected chi connectivity index (χ3v) is 12.2. The summed E-state index contributed by atoms with van der Waals surface area (Å²) in [6.45, 7) is 3.05. The van der Waals surface area contributed by atoms with Crippen LogP contribution in [-0.2, 0) is 14.4 Å². The molecule has 15 heteroatoms. The predicted octanol–water partition coefficient (Wildman–Crippen LogP) is 5.21. The minimum Gasteiger partial charge on any atom is -0.374 e. The van der Waals surface area contributed by atoms with E-state index in [4.69, 9.17) is 0 Å². The standard InChI is InChI=1S/C43H49F2N9O4/c44-34-24-31(48-36-15-17-38(55)51-42(36)58)12-16-37(34)54-21-19-53(20-22-54)32-13-6-26(7-14-32)40(56)49-29-8-10-30(11-9-29)50-43-47-25-35(45)39(52-43)28-4-1-3-27(23-28)33-5-2-18-46-41(33)57/h1-5,12,16,18,23-26,29-30,32,36,48H,6-11,13-15,17,19-22H2,(H,46,57)(H,49,56)(H,47,50,52)(H,51,55,58)/t26-,29-,30-,32-,36?. The van der Waals surface area contributed by atoms with Gasteiger partial charge in [0, 0.05) is 79.7 Å². The van der Waals surface area contributed by atoms with Crippen LogP contribution in [-0.4, -0.2) is 87.9 Å². The van der Waals surface area contributed by atoms with E-state index < -0.39 is 11.9 Å². The van der Waals surface area contributed by atoms with E-state index >= 15 is 4.39 Å². The number of aromatic nitrogens is 3. The molecule has 4 fully saturated rings. The smallest absolute Gasteiger partial charge is 0.255 e. The average molecular weight is 794 g/mol. The highest BCUT2D eigenvalue weighted by atomic mass is 19.1. The first-order valence-corrected chi connectivity index (χ1v) is 20.4. The zero-order valence-corrected chi connectivity index (χ0v) is 32.3. The summed E-state index contributed by atoms with van der Waals surface area (Å²) in [7, 11) is 0. The molecule has 2 aromatic heterocycles. The first-order valence-electron chi connectivity index (χ1n) is 20.4. The summed E-state index contributed by atoms with van der Waals surface area (Å²) >= 11 is 0. The van der Waals surface area contributed by atoms with E-state index in [1.54, 1.807) is 54.7 Å². The number of imide groups is 1. The number of halogens is 2. The molecule has 304 valence electrons. The largest absolute Gasteiger partial charge is 0.374 e. The molecular weight excluding hydrogens is 745 g/mol. The van der Waals surface area contributed by atoms with Crippen LogP contribution in [0.3, 0.4) is 0 Å². The van der Waals surface area contributed by atoms with Gasteiger partial charge in [0.05, 0.1) is 11.9 Å². The number of anilines is 3. The van der Waals surface area contributed by atoms with Crippen molar-refractivity contribution in [3.05, 3.63) is 89.0 Å². The van der Waals surface area contributed by atoms with Gasteiger partial charge in [0.2, 0.25) is 23.7 Å². The Kier molecular flexibility index (Phi) is 11.8. The maximum absolute atomic E-state index is 15.2. The summed E-state index contributed by atoms with van der Waals surface area (Å²) in [5.41, 5.74) is 2.68. The zero-order chi connectivity index (χ0) is 40.2. The highest BCUT2D eigenvalue weighted by molar-refractivity contribution is 6.01. The van der Waals surface area contributed by atoms with Crippen molar-refractivity contribution in [2.75, 3.05) is 41.7 Å². The number of carbonyl (C=O) groups is 3. The second kappa shape index (κ2) is 17.4. The van der Waals surface area contributed by atoms with Crippen LogP contribution in [0.4, 0.5) is 26.1 Å². The quantitative estimate of drug-likeness (QED) is 0.135. The van der Waals surface area contributed by atoms with Gasteiger partial charge in [0.1, 0.15) is 17.6 Å². The first kappa shape index (κ1) is 39.1. The maximum atomic E-state index is 15.2. The summed E-state index contributed by atoms with van der Waals surface area (Å²) in [5.74, 6) is -1.10. The van der Waals surface area contributed by atoms with Crippen molar-refractivity contribution in [1.29, 1.82) is 0 Å². The van der Waals surface area contributed by atoms with Gasteiger partial charge < -0.3 is 25.8 Å². The van der Waals surface area contributed by atoms with Crippen LogP contribution in [0, 0.1) is 17.6 Å². The monoisotopic (exact) mass is 793 g/mol. The van der Waals surface area contributed by atoms with Crippen molar-refractivity contribution < 1.29 is 23.2 Å². The van der Waals surface area contributed by atoms with Gasteiger partial charge in [0.25, 0.3) is 5.56 Å². The lowest BCUT2D eigenvalue weighted by Crippen LogP contribution is -2.52. The van der Waals surface area contributed by atoms with E-state index in [9.17, 15) is 23.6 Å². The fraction of sp³-hybridized carbons (Fsp3) is 0.442. The molecule has 4 aromatic rings. The summed E-state index contributed by atoms with van der Waals surface area (Å²) in [4.78, 5) is 65.2. The average Bonchev–Trinajstić information content (AvgIpc) is 3.24. The Morgan fingerprint density at radius 3 is 2.28 bits per heavy atom. The van der Waals surface area contributed by atoms with E-state index in [0.29, 0.717) is 59.6 Å². The summed E-state index contributed by atoms with van der Waals surface area (Å²) in [6.07, 6.45) is 10.3. The Bertz CT molecular complexity index is 2190. The van der Waals surface area contributed by atoms with Crippen molar-refractivity contribution in [3.63, 3.8) is 0 Å². The van der Waals surface area contributed by atoms with Gasteiger partial charge in [-0.25, -0.2) is 18.7 Å². The zero-order valence-electron chi connectivity index (χ0n) is 32.3. The molecule has 0 radical (unpaired) electrons. The molecule has 13 nitrogen and oxygen atoms in total. The number of nitrogens with zero attached hydrogens (tertiary/aromatic N) is 4. The number of benzene rings is 2. The lowest BCUT2D eigenvalue weighted by atomic mass is 9.83. The first-order chi connectivity index (χ1) is 28.2. The molecule has 2 saturated carbocycles. The normalized spacial score (nSPS) is 24.2. The van der Waals surface area contributed by atoms with Crippen LogP contribution in [0.25, 0.3) is 22.4 Å². The number of amides is 3. The number of carbonyl (C=O) groups excluding carboxylic acids is 3. The Morgan fingerprint density at radius 1 is 0.776 bits per heavy atom. The second-order valence-corrected chi connectivity index (χ2v) is 15.9. The molecule has 8 rings (SSSR count). The fourth-order valence-corrected chi connectivity index (χ4v) is 8.92. The molecule has 2 saturated heterocycles. The molecule has 3 amide bonds. The fourth-order valence-electron chi connectivity index (χ4n) is 8.92. The third kappa shape index (κ3) is 9.04. The number of piperazine rings is 1. The highest BCUT2D eigenvalue weighted by Crippen LogP contribution is 2.32. The van der Waals surface area contributed by atoms with Gasteiger partial charge in [-0.3, -0.25) is 29.4 Å².